The summed E-state index contributed by atoms with van der Waals surface area (Å²) in [5.41, 5.74) is 1.33. The van der Waals surface area contributed by atoms with Gasteiger partial charge in [-0.15, -0.1) is 11.3 Å². The molecular formula is C12H10N2O2S. The SMILES string of the molecule is COC(=O)C(C#N)c1cccc2sc(C)nc12. The summed E-state index contributed by atoms with van der Waals surface area (Å²) < 4.78 is 5.60. The number of rotatable bonds is 2. The van der Waals surface area contributed by atoms with Gasteiger partial charge in [0.05, 0.1) is 28.4 Å². The van der Waals surface area contributed by atoms with Crippen LogP contribution in [0.1, 0.15) is 16.5 Å². The molecule has 0 N–H and O–H groups in total. The first kappa shape index (κ1) is 11.6. The minimum atomic E-state index is -0.912. The molecule has 0 spiro atoms. The minimum Gasteiger partial charge on any atom is -0.468 e. The lowest BCUT2D eigenvalue weighted by Gasteiger charge is -2.07. The van der Waals surface area contributed by atoms with Gasteiger partial charge in [0.15, 0.2) is 5.92 Å². The Kier molecular flexibility index (Phi) is 3.07. The third kappa shape index (κ3) is 1.99. The lowest BCUT2D eigenvalue weighted by molar-refractivity contribution is -0.140. The molecule has 0 aliphatic heterocycles. The van der Waals surface area contributed by atoms with Crippen molar-refractivity contribution >= 4 is 27.5 Å². The number of benzene rings is 1. The van der Waals surface area contributed by atoms with Gasteiger partial charge in [-0.3, -0.25) is 4.79 Å². The Morgan fingerprint density at radius 3 is 3.00 bits per heavy atom. The smallest absolute Gasteiger partial charge is 0.327 e. The Hall–Kier alpha value is -1.93. The molecule has 2 aromatic rings. The predicted octanol–water partition coefficient (Wildman–Crippen LogP) is 2.38. The maximum atomic E-state index is 11.5. The third-order valence-corrected chi connectivity index (χ3v) is 3.37. The van der Waals surface area contributed by atoms with E-state index >= 15 is 0 Å². The average Bonchev–Trinajstić information content (AvgIpc) is 2.70. The number of carbonyl (C=O) groups is 1. The van der Waals surface area contributed by atoms with Crippen LogP contribution in [0.4, 0.5) is 0 Å². The van der Waals surface area contributed by atoms with Crippen LogP contribution in [0.3, 0.4) is 0 Å². The summed E-state index contributed by atoms with van der Waals surface area (Å²) in [5, 5.41) is 9.98. The summed E-state index contributed by atoms with van der Waals surface area (Å²) in [4.78, 5) is 15.9. The number of hydrogen-bond acceptors (Lipinski definition) is 5. The molecule has 5 heteroatoms. The van der Waals surface area contributed by atoms with E-state index in [4.69, 9.17) is 5.26 Å². The molecule has 4 nitrogen and oxygen atoms in total. The fourth-order valence-corrected chi connectivity index (χ4v) is 2.54. The molecule has 86 valence electrons. The second-order valence-corrected chi connectivity index (χ2v) is 4.75. The molecule has 17 heavy (non-hydrogen) atoms. The summed E-state index contributed by atoms with van der Waals surface area (Å²) >= 11 is 1.54. The van der Waals surface area contributed by atoms with Crippen LogP contribution in [0.25, 0.3) is 10.2 Å². The van der Waals surface area contributed by atoms with Gasteiger partial charge in [-0.05, 0) is 13.0 Å². The third-order valence-electron chi connectivity index (χ3n) is 2.43. The van der Waals surface area contributed by atoms with Gasteiger partial charge >= 0.3 is 5.97 Å². The number of nitrogens with zero attached hydrogens (tertiary/aromatic N) is 2. The quantitative estimate of drug-likeness (QED) is 0.763. The van der Waals surface area contributed by atoms with Crippen LogP contribution in [-0.2, 0) is 9.53 Å². The van der Waals surface area contributed by atoms with Crippen LogP contribution in [0.2, 0.25) is 0 Å². The van der Waals surface area contributed by atoms with E-state index < -0.39 is 11.9 Å². The number of nitriles is 1. The minimum absolute atomic E-state index is 0.550. The molecule has 1 heterocycles. The molecular weight excluding hydrogens is 236 g/mol. The van der Waals surface area contributed by atoms with Gasteiger partial charge in [0.25, 0.3) is 0 Å². The zero-order valence-corrected chi connectivity index (χ0v) is 10.2. The van der Waals surface area contributed by atoms with Crippen molar-refractivity contribution in [3.63, 3.8) is 0 Å². The molecule has 1 aromatic carbocycles. The van der Waals surface area contributed by atoms with Crippen LogP contribution in [-0.4, -0.2) is 18.1 Å². The topological polar surface area (TPSA) is 63.0 Å². The van der Waals surface area contributed by atoms with Crippen LogP contribution in [0.5, 0.6) is 0 Å². The van der Waals surface area contributed by atoms with Crippen LogP contribution in [0, 0.1) is 18.3 Å². The van der Waals surface area contributed by atoms with E-state index in [0.29, 0.717) is 11.1 Å². The van der Waals surface area contributed by atoms with Crippen molar-refractivity contribution in [2.24, 2.45) is 0 Å². The number of carbonyl (C=O) groups excluding carboxylic acids is 1. The van der Waals surface area contributed by atoms with E-state index in [9.17, 15) is 4.79 Å². The highest BCUT2D eigenvalue weighted by Gasteiger charge is 2.24. The molecule has 0 aliphatic rings. The first-order valence-corrected chi connectivity index (χ1v) is 5.82. The van der Waals surface area contributed by atoms with Crippen LogP contribution >= 0.6 is 11.3 Å². The molecule has 0 radical (unpaired) electrons. The summed E-state index contributed by atoms with van der Waals surface area (Å²) in [6.45, 7) is 1.90. The van der Waals surface area contributed by atoms with E-state index in [1.54, 1.807) is 17.4 Å². The largest absolute Gasteiger partial charge is 0.468 e. The molecule has 0 bridgehead atoms. The Morgan fingerprint density at radius 2 is 2.35 bits per heavy atom. The number of esters is 1. The summed E-state index contributed by atoms with van der Waals surface area (Å²) in [7, 11) is 1.28. The zero-order valence-electron chi connectivity index (χ0n) is 9.43. The van der Waals surface area contributed by atoms with Crippen molar-refractivity contribution < 1.29 is 9.53 Å². The Bertz CT molecular complexity index is 612. The first-order chi connectivity index (χ1) is 8.17. The molecule has 1 atom stereocenters. The molecule has 1 unspecified atom stereocenters. The number of aromatic nitrogens is 1. The average molecular weight is 246 g/mol. The van der Waals surface area contributed by atoms with Crippen LogP contribution < -0.4 is 0 Å². The fraction of sp³-hybridized carbons (Fsp3) is 0.250. The zero-order chi connectivity index (χ0) is 12.4. The van der Waals surface area contributed by atoms with Gasteiger partial charge in [0.1, 0.15) is 0 Å². The van der Waals surface area contributed by atoms with Gasteiger partial charge in [-0.1, -0.05) is 12.1 Å². The fourth-order valence-electron chi connectivity index (χ4n) is 1.68. The molecule has 0 saturated carbocycles. The molecule has 0 saturated heterocycles. The van der Waals surface area contributed by atoms with Gasteiger partial charge in [-0.25, -0.2) is 4.98 Å². The highest BCUT2D eigenvalue weighted by atomic mass is 32.1. The van der Waals surface area contributed by atoms with E-state index in [1.807, 2.05) is 25.1 Å². The number of fused-ring (bicyclic) bond motifs is 1. The maximum absolute atomic E-state index is 11.5. The van der Waals surface area contributed by atoms with Crippen molar-refractivity contribution in [1.82, 2.24) is 4.98 Å². The number of ether oxygens (including phenoxy) is 1. The number of thiazole rings is 1. The van der Waals surface area contributed by atoms with Gasteiger partial charge in [0, 0.05) is 5.56 Å². The number of para-hydroxylation sites is 1. The summed E-state index contributed by atoms with van der Waals surface area (Å²) in [6.07, 6.45) is 0. The molecule has 1 aromatic heterocycles. The summed E-state index contributed by atoms with van der Waals surface area (Å²) in [5.74, 6) is -1.46. The number of hydrogen-bond donors (Lipinski definition) is 0. The highest BCUT2D eigenvalue weighted by Crippen LogP contribution is 2.29. The van der Waals surface area contributed by atoms with Gasteiger partial charge in [0.2, 0.25) is 0 Å². The van der Waals surface area contributed by atoms with Gasteiger partial charge in [-0.2, -0.15) is 5.26 Å². The predicted molar refractivity (Wildman–Crippen MR) is 64.7 cm³/mol. The monoisotopic (exact) mass is 246 g/mol. The summed E-state index contributed by atoms with van der Waals surface area (Å²) in [6, 6.07) is 7.45. The number of methoxy groups -OCH3 is 1. The van der Waals surface area contributed by atoms with Crippen LogP contribution in [0.15, 0.2) is 18.2 Å². The standard InChI is InChI=1S/C12H10N2O2S/c1-7-14-11-8(4-3-5-10(11)17-7)9(6-13)12(15)16-2/h3-5,9H,1-2H3. The molecule has 0 aliphatic carbocycles. The molecule has 0 amide bonds. The van der Waals surface area contributed by atoms with Gasteiger partial charge < -0.3 is 4.74 Å². The van der Waals surface area contributed by atoms with E-state index in [2.05, 4.69) is 9.72 Å². The van der Waals surface area contributed by atoms with Crippen molar-refractivity contribution in [3.8, 4) is 6.07 Å². The van der Waals surface area contributed by atoms with E-state index in [1.165, 1.54) is 7.11 Å². The van der Waals surface area contributed by atoms with Crippen molar-refractivity contribution in [2.45, 2.75) is 12.8 Å². The lowest BCUT2D eigenvalue weighted by Crippen LogP contribution is -2.12. The van der Waals surface area contributed by atoms with Crippen molar-refractivity contribution in [1.29, 1.82) is 5.26 Å². The second kappa shape index (κ2) is 4.52. The Balaban J connectivity index is 2.61. The lowest BCUT2D eigenvalue weighted by atomic mass is 10.00. The van der Waals surface area contributed by atoms with E-state index in [0.717, 1.165) is 9.71 Å². The van der Waals surface area contributed by atoms with Crippen molar-refractivity contribution in [3.05, 3.63) is 28.8 Å². The number of aryl methyl sites for hydroxylation is 1. The molecule has 0 fully saturated rings. The van der Waals surface area contributed by atoms with Crippen molar-refractivity contribution in [2.75, 3.05) is 7.11 Å². The molecule has 2 rings (SSSR count). The first-order valence-electron chi connectivity index (χ1n) is 5.01. The second-order valence-electron chi connectivity index (χ2n) is 3.51. The Morgan fingerprint density at radius 1 is 1.59 bits per heavy atom. The van der Waals surface area contributed by atoms with E-state index in [-0.39, 0.29) is 0 Å². The maximum Gasteiger partial charge on any atom is 0.327 e. The highest BCUT2D eigenvalue weighted by molar-refractivity contribution is 7.18. The Labute approximate surface area is 102 Å². The normalized spacial score (nSPS) is 12.1.